The zero-order chi connectivity index (χ0) is 8.15. The van der Waals surface area contributed by atoms with Gasteiger partial charge < -0.3 is 0 Å². The molecule has 10 heavy (non-hydrogen) atoms. The third kappa shape index (κ3) is 7.35. The van der Waals surface area contributed by atoms with Crippen molar-refractivity contribution in [3.05, 3.63) is 0 Å². The maximum Gasteiger partial charge on any atom is 0.203 e. The molecular formula is H11BP9. The van der Waals surface area contributed by atoms with Gasteiger partial charge in [0.2, 0.25) is 6.72 Å². The Kier molecular flexibility index (Phi) is 11.5. The molecule has 7 unspecified atom stereocenters. The lowest BCUT2D eigenvalue weighted by atomic mass is 10.7. The monoisotopic (exact) mass is 301 g/mol. The predicted octanol–water partition coefficient (Wildman–Crippen LogP) is 4.43. The lowest BCUT2D eigenvalue weighted by molar-refractivity contribution is 4.44. The van der Waals surface area contributed by atoms with Crippen molar-refractivity contribution in [2.75, 3.05) is 0 Å². The Hall–Kier alpha value is 3.93. The summed E-state index contributed by atoms with van der Waals surface area (Å²) in [6.45, 7) is 2.62. The summed E-state index contributed by atoms with van der Waals surface area (Å²) in [6.07, 6.45) is 0. The van der Waals surface area contributed by atoms with E-state index in [-0.39, 0.29) is 21.3 Å². The summed E-state index contributed by atoms with van der Waals surface area (Å²) < 4.78 is 0. The average Bonchev–Trinajstić information content (AvgIpc) is 1.81. The summed E-state index contributed by atoms with van der Waals surface area (Å²) in [5, 5.41) is 0. The lowest BCUT2D eigenvalue weighted by Crippen LogP contribution is -1.65. The van der Waals surface area contributed by atoms with E-state index in [1.165, 1.54) is 0 Å². The summed E-state index contributed by atoms with van der Waals surface area (Å²) >= 11 is 0. The van der Waals surface area contributed by atoms with Crippen molar-refractivity contribution in [1.29, 1.82) is 0 Å². The molecule has 0 saturated heterocycles. The van der Waals surface area contributed by atoms with Crippen LogP contribution in [0.15, 0.2) is 0 Å². The molecule has 0 aromatic rings. The van der Waals surface area contributed by atoms with Gasteiger partial charge in [-0.2, -0.15) is 0 Å². The fourth-order valence-corrected chi connectivity index (χ4v) is 34.0. The van der Waals surface area contributed by atoms with Gasteiger partial charge in [0.1, 0.15) is 0 Å². The molecule has 10 heteroatoms. The molecule has 0 aliphatic heterocycles. The Balaban J connectivity index is 3.60. The summed E-state index contributed by atoms with van der Waals surface area (Å²) in [5.41, 5.74) is 0. The summed E-state index contributed by atoms with van der Waals surface area (Å²) in [5.74, 6) is 0. The molecule has 0 spiro atoms. The molecule has 0 nitrogen and oxygen atoms in total. The van der Waals surface area contributed by atoms with E-state index < -0.39 is 0 Å². The second-order valence-electron chi connectivity index (χ2n) is 1.42. The van der Waals surface area contributed by atoms with E-state index >= 15 is 0 Å². The topological polar surface area (TPSA) is 0 Å². The second-order valence-corrected chi connectivity index (χ2v) is 26.4. The van der Waals surface area contributed by atoms with Crippen molar-refractivity contribution in [1.82, 2.24) is 0 Å². The fourth-order valence-electron chi connectivity index (χ4n) is 0.286. The Morgan fingerprint density at radius 2 is 1.60 bits per heavy atom. The molecule has 0 aliphatic rings. The molecule has 0 aliphatic carbocycles. The normalized spacial score (nSPS) is 15.5. The van der Waals surface area contributed by atoms with Gasteiger partial charge in [0.05, 0.1) is 0 Å². The van der Waals surface area contributed by atoms with Crippen LogP contribution in [0.5, 0.6) is 0 Å². The Morgan fingerprint density at radius 1 is 1.10 bits per heavy atom. The minimum absolute atomic E-state index is 0.0422. The second kappa shape index (κ2) is 8.26. The Bertz CT molecular complexity index is 76.8. The predicted molar refractivity (Wildman–Crippen MR) is 83.4 cm³/mol. The third-order valence-corrected chi connectivity index (χ3v) is 26.2. The van der Waals surface area contributed by atoms with Crippen LogP contribution >= 0.6 is 73.9 Å². The molecule has 0 aromatic heterocycles. The molecule has 0 saturated carbocycles. The van der Waals surface area contributed by atoms with Gasteiger partial charge in [0.25, 0.3) is 0 Å². The number of hydrogen-bond donors (Lipinski definition) is 0. The van der Waals surface area contributed by atoms with Gasteiger partial charge in [-0.1, -0.05) is 15.1 Å². The standard InChI is InChI=1S/BH11P9/c2-7-9(10(5)6)1-8(3)4/h7H,2-6H2. The summed E-state index contributed by atoms with van der Waals surface area (Å²) in [7, 11) is 15.7. The van der Waals surface area contributed by atoms with E-state index in [0.29, 0.717) is 0 Å². The van der Waals surface area contributed by atoms with Gasteiger partial charge in [0.15, 0.2) is 0 Å². The maximum absolute atomic E-state index is 2.92. The first-order valence-corrected chi connectivity index (χ1v) is 17.3. The molecule has 0 rings (SSSR count). The van der Waals surface area contributed by atoms with Gasteiger partial charge in [0, 0.05) is 0 Å². The quantitative estimate of drug-likeness (QED) is 0.532. The zero-order valence-corrected chi connectivity index (χ0v) is 14.8. The summed E-state index contributed by atoms with van der Waals surface area (Å²) in [6, 6.07) is 0. The van der Waals surface area contributed by atoms with Gasteiger partial charge >= 0.3 is 0 Å². The van der Waals surface area contributed by atoms with Crippen molar-refractivity contribution >= 4 is 80.7 Å². The van der Waals surface area contributed by atoms with E-state index in [0.717, 1.165) is 7.96 Å². The zero-order valence-electron chi connectivity index (χ0n) is 5.31. The van der Waals surface area contributed by atoms with E-state index in [1.54, 1.807) is 0 Å². The van der Waals surface area contributed by atoms with E-state index in [1.807, 2.05) is 0 Å². The minimum atomic E-state index is 0.0422. The van der Waals surface area contributed by atoms with Crippen LogP contribution in [0.1, 0.15) is 0 Å². The van der Waals surface area contributed by atoms with Crippen LogP contribution in [0.25, 0.3) is 0 Å². The molecule has 0 N–H and O–H groups in total. The largest absolute Gasteiger partial charge is 0.203 e. The van der Waals surface area contributed by atoms with Crippen LogP contribution in [0.3, 0.4) is 0 Å². The molecular weight excluding hydrogens is 290 g/mol. The molecule has 0 amide bonds. The highest BCUT2D eigenvalue weighted by Gasteiger charge is 2.13. The highest BCUT2D eigenvalue weighted by atomic mass is 32.9. The minimum Gasteiger partial charge on any atom is -0.116 e. The Morgan fingerprint density at radius 3 is 1.70 bits per heavy atom. The van der Waals surface area contributed by atoms with Gasteiger partial charge in [-0.3, -0.25) is 0 Å². The molecule has 0 bridgehead atoms. The number of rotatable bonds is 4. The smallest absolute Gasteiger partial charge is 0.116 e. The SMILES string of the molecule is PPP([B]P(P)P)P(P)P. The first kappa shape index (κ1) is 13.9. The van der Waals surface area contributed by atoms with Gasteiger partial charge in [-0.25, -0.2) is 0 Å². The van der Waals surface area contributed by atoms with Crippen LogP contribution < -0.4 is 0 Å². The number of hydrogen-bond acceptors (Lipinski definition) is 0. The fraction of sp³-hybridized carbons (Fsp3) is 0. The van der Waals surface area contributed by atoms with Crippen LogP contribution in [-0.4, -0.2) is 6.72 Å². The van der Waals surface area contributed by atoms with Crippen LogP contribution in [-0.2, 0) is 0 Å². The average molecular weight is 301 g/mol. The maximum atomic E-state index is 2.92. The van der Waals surface area contributed by atoms with E-state index in [4.69, 9.17) is 0 Å². The van der Waals surface area contributed by atoms with Crippen LogP contribution in [0.2, 0.25) is 0 Å². The first-order valence-electron chi connectivity index (χ1n) is 2.26. The highest BCUT2D eigenvalue weighted by Crippen LogP contribution is 2.90. The van der Waals surface area contributed by atoms with Crippen LogP contribution in [0, 0.1) is 0 Å². The molecule has 1 radical (unpaired) electrons. The molecule has 7 atom stereocenters. The van der Waals surface area contributed by atoms with Gasteiger partial charge in [-0.05, 0) is 6.99 Å². The van der Waals surface area contributed by atoms with Crippen LogP contribution in [0.4, 0.5) is 0 Å². The molecule has 0 fully saturated rings. The lowest BCUT2D eigenvalue weighted by Gasteiger charge is -2.19. The van der Waals surface area contributed by atoms with Gasteiger partial charge in [-0.15, -0.1) is 51.8 Å². The van der Waals surface area contributed by atoms with Crippen molar-refractivity contribution in [3.63, 3.8) is 0 Å². The van der Waals surface area contributed by atoms with E-state index in [2.05, 4.69) is 51.4 Å². The van der Waals surface area contributed by atoms with Crippen molar-refractivity contribution in [3.8, 4) is 0 Å². The Labute approximate surface area is 80.6 Å². The third-order valence-electron chi connectivity index (χ3n) is 0.624. The van der Waals surface area contributed by atoms with Crippen molar-refractivity contribution in [2.45, 2.75) is 0 Å². The van der Waals surface area contributed by atoms with E-state index in [9.17, 15) is 0 Å². The molecule has 59 valence electrons. The van der Waals surface area contributed by atoms with Crippen molar-refractivity contribution in [2.24, 2.45) is 0 Å². The summed E-state index contributed by atoms with van der Waals surface area (Å²) in [4.78, 5) is 0. The molecule has 0 heterocycles. The molecule has 0 aromatic carbocycles. The first-order chi connectivity index (χ1) is 4.57. The highest BCUT2D eigenvalue weighted by molar-refractivity contribution is 8.96. The van der Waals surface area contributed by atoms with Crippen molar-refractivity contribution < 1.29 is 0 Å².